The summed E-state index contributed by atoms with van der Waals surface area (Å²) in [5.74, 6) is -0.665. The lowest BCUT2D eigenvalue weighted by atomic mass is 9.81. The van der Waals surface area contributed by atoms with Crippen molar-refractivity contribution in [3.63, 3.8) is 0 Å². The van der Waals surface area contributed by atoms with Crippen LogP contribution in [0.3, 0.4) is 0 Å². The zero-order valence-corrected chi connectivity index (χ0v) is 15.2. The van der Waals surface area contributed by atoms with Gasteiger partial charge in [-0.2, -0.15) is 0 Å². The zero-order valence-electron chi connectivity index (χ0n) is 14.4. The average molecular weight is 379 g/mol. The van der Waals surface area contributed by atoms with E-state index in [4.69, 9.17) is 9.88 Å². The van der Waals surface area contributed by atoms with Crippen molar-refractivity contribution in [2.24, 2.45) is 11.1 Å². The summed E-state index contributed by atoms with van der Waals surface area (Å²) in [6.07, 6.45) is 0.217. The highest BCUT2D eigenvalue weighted by atomic mass is 32.2. The van der Waals surface area contributed by atoms with Gasteiger partial charge in [-0.3, -0.25) is 0 Å². The summed E-state index contributed by atoms with van der Waals surface area (Å²) < 4.78 is 41.5. The number of ether oxygens (including phenoxy) is 1. The number of sulfonamides is 1. The van der Waals surface area contributed by atoms with Crippen molar-refractivity contribution in [1.29, 1.82) is 0 Å². The summed E-state index contributed by atoms with van der Waals surface area (Å²) in [5, 5.41) is 15.6. The molecule has 1 fully saturated rings. The Morgan fingerprint density at radius 2 is 1.73 bits per heavy atom. The van der Waals surface area contributed by atoms with E-state index in [1.165, 1.54) is 19.1 Å². The normalized spacial score (nSPS) is 24.5. The first-order valence-corrected chi connectivity index (χ1v) is 9.99. The monoisotopic (exact) mass is 379 g/mol. The summed E-state index contributed by atoms with van der Waals surface area (Å²) in [7, 11) is -3.67. The van der Waals surface area contributed by atoms with Crippen LogP contribution in [-0.4, -0.2) is 32.0 Å². The number of aliphatic hydroxyl groups is 1. The van der Waals surface area contributed by atoms with Crippen LogP contribution in [0.25, 0.3) is 11.1 Å². The Morgan fingerprint density at radius 3 is 2.27 bits per heavy atom. The van der Waals surface area contributed by atoms with Crippen LogP contribution in [-0.2, 0) is 20.4 Å². The van der Waals surface area contributed by atoms with Gasteiger partial charge in [-0.05, 0) is 42.2 Å². The van der Waals surface area contributed by atoms with Crippen LogP contribution in [0.2, 0.25) is 0 Å². The van der Waals surface area contributed by atoms with Crippen molar-refractivity contribution >= 4 is 10.0 Å². The lowest BCUT2D eigenvalue weighted by molar-refractivity contribution is -0.00577. The summed E-state index contributed by atoms with van der Waals surface area (Å²) in [4.78, 5) is 0. The number of benzene rings is 2. The van der Waals surface area contributed by atoms with Gasteiger partial charge in [0.15, 0.2) is 0 Å². The van der Waals surface area contributed by atoms with Gasteiger partial charge >= 0.3 is 0 Å². The van der Waals surface area contributed by atoms with E-state index in [0.717, 1.165) is 11.1 Å². The quantitative estimate of drug-likeness (QED) is 0.835. The highest BCUT2D eigenvalue weighted by Gasteiger charge is 2.45. The molecule has 1 aliphatic rings. The maximum absolute atomic E-state index is 13.1. The molecule has 3 rings (SSSR count). The fourth-order valence-corrected chi connectivity index (χ4v) is 3.82. The van der Waals surface area contributed by atoms with Crippen LogP contribution < -0.4 is 5.14 Å². The van der Waals surface area contributed by atoms with E-state index in [-0.39, 0.29) is 31.4 Å². The minimum Gasteiger partial charge on any atom is -0.382 e. The minimum absolute atomic E-state index is 0.102. The summed E-state index contributed by atoms with van der Waals surface area (Å²) >= 11 is 0. The molecule has 0 aliphatic carbocycles. The summed E-state index contributed by atoms with van der Waals surface area (Å²) in [6, 6.07) is 13.4. The summed E-state index contributed by atoms with van der Waals surface area (Å²) in [5.41, 5.74) is 1.16. The number of primary sulfonamides is 1. The molecule has 5 nitrogen and oxygen atoms in total. The smallest absolute Gasteiger partial charge is 0.211 e. The van der Waals surface area contributed by atoms with Gasteiger partial charge < -0.3 is 9.84 Å². The maximum atomic E-state index is 13.1. The predicted octanol–water partition coefficient (Wildman–Crippen LogP) is 2.39. The van der Waals surface area contributed by atoms with Crippen molar-refractivity contribution in [2.45, 2.75) is 24.2 Å². The molecule has 0 amide bonds. The second-order valence-electron chi connectivity index (χ2n) is 6.86. The molecule has 1 saturated heterocycles. The van der Waals surface area contributed by atoms with Crippen LogP contribution >= 0.6 is 0 Å². The first-order chi connectivity index (χ1) is 12.2. The Labute approximate surface area is 152 Å². The topological polar surface area (TPSA) is 89.6 Å². The number of rotatable bonds is 5. The molecule has 7 heteroatoms. The van der Waals surface area contributed by atoms with Gasteiger partial charge in [0.05, 0.1) is 18.5 Å². The van der Waals surface area contributed by atoms with Crippen molar-refractivity contribution < 1.29 is 22.7 Å². The third-order valence-corrected chi connectivity index (χ3v) is 6.37. The van der Waals surface area contributed by atoms with Crippen molar-refractivity contribution in [2.75, 3.05) is 13.2 Å². The van der Waals surface area contributed by atoms with Gasteiger partial charge in [-0.1, -0.05) is 36.4 Å². The average Bonchev–Trinajstić information content (AvgIpc) is 2.97. The highest BCUT2D eigenvalue weighted by molar-refractivity contribution is 7.89. The molecule has 3 atom stereocenters. The number of hydrogen-bond acceptors (Lipinski definition) is 4. The molecule has 0 aromatic heterocycles. The van der Waals surface area contributed by atoms with Gasteiger partial charge in [0.1, 0.15) is 11.4 Å². The Kier molecular flexibility index (Phi) is 5.16. The largest absolute Gasteiger partial charge is 0.382 e. The van der Waals surface area contributed by atoms with E-state index in [0.29, 0.717) is 5.56 Å². The van der Waals surface area contributed by atoms with Gasteiger partial charge in [0.2, 0.25) is 10.0 Å². The van der Waals surface area contributed by atoms with Gasteiger partial charge in [-0.25, -0.2) is 17.9 Å². The van der Waals surface area contributed by atoms with E-state index in [1.54, 1.807) is 24.3 Å². The number of nitrogens with two attached hydrogens (primary N) is 1. The fourth-order valence-electron chi connectivity index (χ4n) is 3.32. The highest BCUT2D eigenvalue weighted by Crippen LogP contribution is 2.39. The Bertz CT molecular complexity index is 867. The number of halogens is 1. The molecular weight excluding hydrogens is 357 g/mol. The molecule has 140 valence electrons. The molecule has 2 aromatic carbocycles. The number of hydrogen-bond donors (Lipinski definition) is 2. The van der Waals surface area contributed by atoms with Crippen molar-refractivity contribution in [3.05, 3.63) is 59.9 Å². The Morgan fingerprint density at radius 1 is 1.19 bits per heavy atom. The molecule has 0 radical (unpaired) electrons. The first kappa shape index (κ1) is 19.0. The third-order valence-electron chi connectivity index (χ3n) is 5.06. The molecule has 0 spiro atoms. The molecule has 0 saturated carbocycles. The minimum atomic E-state index is -3.67. The predicted molar refractivity (Wildman–Crippen MR) is 97.2 cm³/mol. The van der Waals surface area contributed by atoms with Crippen LogP contribution in [0, 0.1) is 11.7 Å². The standard InChI is InChI=1S/C19H22FNO4S/c1-13(26(21,23)24)10-17-11-25-12-19(17,22)16-6-2-14(3-7-16)15-4-8-18(20)9-5-15/h2-9,13,17,22H,10-12H2,1H3,(H2,21,23,24). The lowest BCUT2D eigenvalue weighted by Gasteiger charge is -2.30. The van der Waals surface area contributed by atoms with Gasteiger partial charge in [-0.15, -0.1) is 0 Å². The molecule has 1 aliphatic heterocycles. The first-order valence-electron chi connectivity index (χ1n) is 8.38. The lowest BCUT2D eigenvalue weighted by Crippen LogP contribution is -2.38. The van der Waals surface area contributed by atoms with Crippen molar-refractivity contribution in [1.82, 2.24) is 0 Å². The maximum Gasteiger partial charge on any atom is 0.211 e. The van der Waals surface area contributed by atoms with E-state index >= 15 is 0 Å². The van der Waals surface area contributed by atoms with E-state index < -0.39 is 20.9 Å². The summed E-state index contributed by atoms with van der Waals surface area (Å²) in [6.45, 7) is 1.91. The van der Waals surface area contributed by atoms with E-state index in [2.05, 4.69) is 0 Å². The molecule has 1 heterocycles. The Balaban J connectivity index is 1.83. The van der Waals surface area contributed by atoms with Crippen LogP contribution in [0.1, 0.15) is 18.9 Å². The van der Waals surface area contributed by atoms with Crippen molar-refractivity contribution in [3.8, 4) is 11.1 Å². The Hall–Kier alpha value is -1.80. The molecular formula is C19H22FNO4S. The van der Waals surface area contributed by atoms with Gasteiger partial charge in [0.25, 0.3) is 0 Å². The van der Waals surface area contributed by atoms with E-state index in [9.17, 15) is 17.9 Å². The molecule has 3 unspecified atom stereocenters. The second kappa shape index (κ2) is 7.08. The van der Waals surface area contributed by atoms with Crippen LogP contribution in [0.4, 0.5) is 4.39 Å². The molecule has 2 aromatic rings. The molecule has 26 heavy (non-hydrogen) atoms. The third kappa shape index (κ3) is 3.81. The zero-order chi connectivity index (χ0) is 18.9. The van der Waals surface area contributed by atoms with E-state index in [1.807, 2.05) is 12.1 Å². The molecule has 3 N–H and O–H groups in total. The van der Waals surface area contributed by atoms with Crippen LogP contribution in [0.15, 0.2) is 48.5 Å². The second-order valence-corrected chi connectivity index (χ2v) is 8.84. The SMILES string of the molecule is CC(CC1COCC1(O)c1ccc(-c2ccc(F)cc2)cc1)S(N)(=O)=O. The van der Waals surface area contributed by atoms with Gasteiger partial charge in [0, 0.05) is 5.92 Å². The van der Waals surface area contributed by atoms with Crippen LogP contribution in [0.5, 0.6) is 0 Å². The molecule has 0 bridgehead atoms. The fraction of sp³-hybridized carbons (Fsp3) is 0.368.